The average molecular weight is 312 g/mol. The van der Waals surface area contributed by atoms with Crippen LogP contribution in [0.5, 0.6) is 0 Å². The molecule has 1 aliphatic rings. The van der Waals surface area contributed by atoms with Gasteiger partial charge in [0.05, 0.1) is 18.7 Å². The van der Waals surface area contributed by atoms with Gasteiger partial charge in [-0.2, -0.15) is 0 Å². The van der Waals surface area contributed by atoms with Gasteiger partial charge in [0.15, 0.2) is 0 Å². The lowest BCUT2D eigenvalue weighted by Crippen LogP contribution is -2.34. The van der Waals surface area contributed by atoms with Crippen molar-refractivity contribution in [3.8, 4) is 0 Å². The van der Waals surface area contributed by atoms with E-state index in [1.807, 2.05) is 37.3 Å². The van der Waals surface area contributed by atoms with E-state index in [-0.39, 0.29) is 24.2 Å². The third-order valence-electron chi connectivity index (χ3n) is 4.14. The second-order valence-corrected chi connectivity index (χ2v) is 6.02. The first-order chi connectivity index (χ1) is 11.0. The molecule has 120 valence electrons. The summed E-state index contributed by atoms with van der Waals surface area (Å²) >= 11 is 0. The van der Waals surface area contributed by atoms with Crippen molar-refractivity contribution in [3.05, 3.63) is 54.0 Å². The molecular formula is C18H20N2O3. The molecule has 1 aromatic carbocycles. The first-order valence-electron chi connectivity index (χ1n) is 7.69. The van der Waals surface area contributed by atoms with Crippen LogP contribution in [0.3, 0.4) is 0 Å². The van der Waals surface area contributed by atoms with E-state index in [9.17, 15) is 9.59 Å². The van der Waals surface area contributed by atoms with Crippen molar-refractivity contribution in [2.24, 2.45) is 5.92 Å². The van der Waals surface area contributed by atoms with Gasteiger partial charge in [-0.25, -0.2) is 0 Å². The zero-order valence-electron chi connectivity index (χ0n) is 13.4. The zero-order valence-corrected chi connectivity index (χ0v) is 13.4. The van der Waals surface area contributed by atoms with Gasteiger partial charge < -0.3 is 14.2 Å². The van der Waals surface area contributed by atoms with Gasteiger partial charge in [0, 0.05) is 25.7 Å². The zero-order chi connectivity index (χ0) is 16.4. The number of hydrogen-bond acceptors (Lipinski definition) is 3. The van der Waals surface area contributed by atoms with E-state index in [0.29, 0.717) is 13.1 Å². The summed E-state index contributed by atoms with van der Waals surface area (Å²) in [6.07, 6.45) is 1.85. The predicted molar refractivity (Wildman–Crippen MR) is 86.8 cm³/mol. The van der Waals surface area contributed by atoms with Gasteiger partial charge in [-0.3, -0.25) is 9.59 Å². The molecule has 1 aliphatic heterocycles. The van der Waals surface area contributed by atoms with Crippen molar-refractivity contribution in [2.45, 2.75) is 19.9 Å². The van der Waals surface area contributed by atoms with Gasteiger partial charge in [-0.1, -0.05) is 12.1 Å². The van der Waals surface area contributed by atoms with Gasteiger partial charge >= 0.3 is 0 Å². The van der Waals surface area contributed by atoms with E-state index in [4.69, 9.17) is 4.42 Å². The molecule has 2 heterocycles. The van der Waals surface area contributed by atoms with Crippen LogP contribution < -0.4 is 4.90 Å². The fourth-order valence-electron chi connectivity index (χ4n) is 2.94. The molecule has 1 atom stereocenters. The van der Waals surface area contributed by atoms with Crippen molar-refractivity contribution in [1.29, 1.82) is 0 Å². The topological polar surface area (TPSA) is 53.8 Å². The maximum absolute atomic E-state index is 12.6. The van der Waals surface area contributed by atoms with Gasteiger partial charge in [0.25, 0.3) is 0 Å². The molecule has 1 fully saturated rings. The molecule has 3 rings (SSSR count). The van der Waals surface area contributed by atoms with E-state index < -0.39 is 0 Å². The molecule has 23 heavy (non-hydrogen) atoms. The number of benzene rings is 1. The Morgan fingerprint density at radius 1 is 1.35 bits per heavy atom. The Bertz CT molecular complexity index is 709. The average Bonchev–Trinajstić information content (AvgIpc) is 3.16. The lowest BCUT2D eigenvalue weighted by Gasteiger charge is -2.21. The summed E-state index contributed by atoms with van der Waals surface area (Å²) in [5, 5.41) is 0. The lowest BCUT2D eigenvalue weighted by molar-refractivity contribution is -0.135. The molecular weight excluding hydrogens is 292 g/mol. The third kappa shape index (κ3) is 3.28. The molecule has 0 aliphatic carbocycles. The van der Waals surface area contributed by atoms with E-state index in [0.717, 1.165) is 17.0 Å². The Balaban J connectivity index is 1.68. The number of anilines is 1. The van der Waals surface area contributed by atoms with E-state index in [1.165, 1.54) is 0 Å². The van der Waals surface area contributed by atoms with Gasteiger partial charge in [0.2, 0.25) is 11.8 Å². The molecule has 0 unspecified atom stereocenters. The Labute approximate surface area is 135 Å². The molecule has 0 saturated carbocycles. The predicted octanol–water partition coefficient (Wildman–Crippen LogP) is 2.60. The van der Waals surface area contributed by atoms with Crippen LogP contribution in [0.2, 0.25) is 0 Å². The number of amides is 2. The number of nitrogens with zero attached hydrogens (tertiary/aromatic N) is 2. The second kappa shape index (κ2) is 6.28. The summed E-state index contributed by atoms with van der Waals surface area (Å²) in [4.78, 5) is 28.2. The van der Waals surface area contributed by atoms with Crippen molar-refractivity contribution in [3.63, 3.8) is 0 Å². The standard InChI is InChI=1S/C18H20N2O3/c1-13-5-3-6-15(9-13)20-11-14(10-17(20)21)18(22)19(2)12-16-7-4-8-23-16/h3-9,14H,10-12H2,1-2H3/t14-/m1/s1. The van der Waals surface area contributed by atoms with Gasteiger partial charge in [-0.15, -0.1) is 0 Å². The van der Waals surface area contributed by atoms with Gasteiger partial charge in [0.1, 0.15) is 5.76 Å². The number of furan rings is 1. The molecule has 1 aromatic heterocycles. The highest BCUT2D eigenvalue weighted by molar-refractivity contribution is 6.00. The molecule has 1 saturated heterocycles. The minimum Gasteiger partial charge on any atom is -0.467 e. The molecule has 5 nitrogen and oxygen atoms in total. The van der Waals surface area contributed by atoms with Gasteiger partial charge in [-0.05, 0) is 36.8 Å². The minimum absolute atomic E-state index is 0.000323. The number of carbonyl (C=O) groups is 2. The Morgan fingerprint density at radius 3 is 2.87 bits per heavy atom. The van der Waals surface area contributed by atoms with Crippen LogP contribution in [0.15, 0.2) is 47.1 Å². The molecule has 0 N–H and O–H groups in total. The summed E-state index contributed by atoms with van der Waals surface area (Å²) < 4.78 is 5.27. The Kier molecular flexibility index (Phi) is 4.19. The Morgan fingerprint density at radius 2 is 2.17 bits per heavy atom. The quantitative estimate of drug-likeness (QED) is 0.872. The van der Waals surface area contributed by atoms with Crippen LogP contribution in [0, 0.1) is 12.8 Å². The van der Waals surface area contributed by atoms with Crippen LogP contribution in [0.1, 0.15) is 17.7 Å². The number of aryl methyl sites for hydroxylation is 1. The highest BCUT2D eigenvalue weighted by Gasteiger charge is 2.36. The van der Waals surface area contributed by atoms with Crippen molar-refractivity contribution in [2.75, 3.05) is 18.5 Å². The SMILES string of the molecule is Cc1cccc(N2C[C@H](C(=O)N(C)Cc3ccco3)CC2=O)c1. The maximum Gasteiger partial charge on any atom is 0.228 e. The summed E-state index contributed by atoms with van der Waals surface area (Å²) in [5.74, 6) is 0.411. The molecule has 5 heteroatoms. The summed E-state index contributed by atoms with van der Waals surface area (Å²) in [7, 11) is 1.74. The molecule has 2 amide bonds. The van der Waals surface area contributed by atoms with E-state index in [1.54, 1.807) is 29.2 Å². The van der Waals surface area contributed by atoms with Crippen LogP contribution in [-0.2, 0) is 16.1 Å². The van der Waals surface area contributed by atoms with E-state index >= 15 is 0 Å². The lowest BCUT2D eigenvalue weighted by atomic mass is 10.1. The maximum atomic E-state index is 12.6. The molecule has 0 bridgehead atoms. The molecule has 0 spiro atoms. The monoisotopic (exact) mass is 312 g/mol. The number of carbonyl (C=O) groups excluding carboxylic acids is 2. The number of rotatable bonds is 4. The first kappa shape index (κ1) is 15.3. The van der Waals surface area contributed by atoms with Crippen LogP contribution >= 0.6 is 0 Å². The highest BCUT2D eigenvalue weighted by Crippen LogP contribution is 2.27. The fraction of sp³-hybridized carbons (Fsp3) is 0.333. The van der Waals surface area contributed by atoms with Crippen LogP contribution in [-0.4, -0.2) is 30.3 Å². The Hall–Kier alpha value is -2.56. The highest BCUT2D eigenvalue weighted by atomic mass is 16.3. The van der Waals surface area contributed by atoms with Crippen LogP contribution in [0.25, 0.3) is 0 Å². The second-order valence-electron chi connectivity index (χ2n) is 6.02. The van der Waals surface area contributed by atoms with E-state index in [2.05, 4.69) is 0 Å². The summed E-state index contributed by atoms with van der Waals surface area (Å²) in [5.41, 5.74) is 1.96. The number of hydrogen-bond donors (Lipinski definition) is 0. The largest absolute Gasteiger partial charge is 0.467 e. The normalized spacial score (nSPS) is 17.6. The molecule has 0 radical (unpaired) electrons. The van der Waals surface area contributed by atoms with Crippen molar-refractivity contribution < 1.29 is 14.0 Å². The summed E-state index contributed by atoms with van der Waals surface area (Å²) in [6, 6.07) is 11.4. The van der Waals surface area contributed by atoms with Crippen molar-refractivity contribution >= 4 is 17.5 Å². The third-order valence-corrected chi connectivity index (χ3v) is 4.14. The minimum atomic E-state index is -0.303. The summed E-state index contributed by atoms with van der Waals surface area (Å²) in [6.45, 7) is 2.84. The fourth-order valence-corrected chi connectivity index (χ4v) is 2.94. The van der Waals surface area contributed by atoms with Crippen molar-refractivity contribution in [1.82, 2.24) is 4.90 Å². The first-order valence-corrected chi connectivity index (χ1v) is 7.69. The van der Waals surface area contributed by atoms with Crippen LogP contribution in [0.4, 0.5) is 5.69 Å². The smallest absolute Gasteiger partial charge is 0.228 e. The molecule has 2 aromatic rings.